The maximum absolute atomic E-state index is 12.1. The Kier molecular flexibility index (Phi) is 3.84. The Morgan fingerprint density at radius 1 is 1.23 bits per heavy atom. The van der Waals surface area contributed by atoms with Gasteiger partial charge in [0.15, 0.2) is 0 Å². The zero-order valence-corrected chi connectivity index (χ0v) is 13.9. The van der Waals surface area contributed by atoms with E-state index in [9.17, 15) is 4.79 Å². The van der Waals surface area contributed by atoms with Crippen molar-refractivity contribution in [3.8, 4) is 0 Å². The average Bonchev–Trinajstić information content (AvgIpc) is 2.47. The third kappa shape index (κ3) is 3.07. The first-order valence-electron chi connectivity index (χ1n) is 8.35. The average molecular weight is 305 g/mol. The Labute approximate surface area is 132 Å². The Morgan fingerprint density at radius 2 is 1.95 bits per heavy atom. The molecular formula is C18H27NO3. The first-order chi connectivity index (χ1) is 10.3. The van der Waals surface area contributed by atoms with Gasteiger partial charge in [0.25, 0.3) is 0 Å². The lowest BCUT2D eigenvalue weighted by molar-refractivity contribution is -0.138. The van der Waals surface area contributed by atoms with E-state index in [2.05, 4.69) is 23.5 Å². The van der Waals surface area contributed by atoms with Gasteiger partial charge in [-0.25, -0.2) is 4.79 Å². The van der Waals surface area contributed by atoms with Gasteiger partial charge in [-0.1, -0.05) is 18.2 Å². The van der Waals surface area contributed by atoms with Crippen molar-refractivity contribution in [2.75, 3.05) is 6.61 Å². The second-order valence-electron chi connectivity index (χ2n) is 7.83. The molecule has 1 amide bonds. The van der Waals surface area contributed by atoms with Gasteiger partial charge in [-0.15, -0.1) is 0 Å². The van der Waals surface area contributed by atoms with Gasteiger partial charge < -0.3 is 14.8 Å². The third-order valence-corrected chi connectivity index (χ3v) is 4.93. The predicted molar refractivity (Wildman–Crippen MR) is 85.7 cm³/mol. The zero-order chi connectivity index (χ0) is 15.8. The highest BCUT2D eigenvalue weighted by Crippen LogP contribution is 2.48. The summed E-state index contributed by atoms with van der Waals surface area (Å²) < 4.78 is 11.6. The first-order valence-corrected chi connectivity index (χ1v) is 8.35. The third-order valence-electron chi connectivity index (χ3n) is 4.93. The molecule has 4 heteroatoms. The lowest BCUT2D eigenvalue weighted by Crippen LogP contribution is -2.63. The number of rotatable bonds is 2. The van der Waals surface area contributed by atoms with Crippen molar-refractivity contribution in [2.45, 2.75) is 76.0 Å². The molecule has 4 nitrogen and oxygen atoms in total. The van der Waals surface area contributed by atoms with Crippen LogP contribution >= 0.6 is 0 Å². The summed E-state index contributed by atoms with van der Waals surface area (Å²) in [6.45, 7) is 6.23. The van der Waals surface area contributed by atoms with Gasteiger partial charge in [-0.3, -0.25) is 0 Å². The number of fused-ring (bicyclic) bond motifs is 3. The molecule has 2 heterocycles. The Hall–Kier alpha value is -1.29. The topological polar surface area (TPSA) is 47.6 Å². The molecule has 0 unspecified atom stereocenters. The van der Waals surface area contributed by atoms with Gasteiger partial charge in [0, 0.05) is 0 Å². The highest BCUT2D eigenvalue weighted by atomic mass is 16.6. The molecule has 1 saturated carbocycles. The summed E-state index contributed by atoms with van der Waals surface area (Å²) in [7, 11) is 0. The molecule has 0 spiro atoms. The van der Waals surface area contributed by atoms with Gasteiger partial charge >= 0.3 is 6.09 Å². The molecule has 0 radical (unpaired) electrons. The predicted octanol–water partition coefficient (Wildman–Crippen LogP) is 3.87. The maximum Gasteiger partial charge on any atom is 0.408 e. The monoisotopic (exact) mass is 305 g/mol. The molecule has 0 aromatic rings. The van der Waals surface area contributed by atoms with Gasteiger partial charge in [0.2, 0.25) is 0 Å². The quantitative estimate of drug-likeness (QED) is 0.842. The second kappa shape index (κ2) is 5.41. The summed E-state index contributed by atoms with van der Waals surface area (Å²) in [4.78, 5) is 12.1. The van der Waals surface area contributed by atoms with Crippen molar-refractivity contribution in [2.24, 2.45) is 0 Å². The highest BCUT2D eigenvalue weighted by molar-refractivity contribution is 5.69. The van der Waals surface area contributed by atoms with Gasteiger partial charge in [0.1, 0.15) is 5.60 Å². The van der Waals surface area contributed by atoms with Gasteiger partial charge in [-0.05, 0) is 64.9 Å². The van der Waals surface area contributed by atoms with Gasteiger partial charge in [-0.2, -0.15) is 0 Å². The number of hydrogen-bond acceptors (Lipinski definition) is 3. The standard InChI is InChI=1S/C18H27NO3/c1-16(2,3)22-15(20)19-17-9-11-18(12-10-17,21-13-17)14-7-5-4-6-8-14/h5,7-8H,4,6,9-13H2,1-3H3,(H,19,20). The maximum atomic E-state index is 12.1. The lowest BCUT2D eigenvalue weighted by Gasteiger charge is -2.54. The van der Waals surface area contributed by atoms with E-state index < -0.39 is 5.60 Å². The van der Waals surface area contributed by atoms with Crippen molar-refractivity contribution in [1.82, 2.24) is 5.32 Å². The van der Waals surface area contributed by atoms with Crippen LogP contribution in [-0.4, -0.2) is 29.4 Å². The van der Waals surface area contributed by atoms with Crippen LogP contribution < -0.4 is 5.32 Å². The van der Waals surface area contributed by atoms with Crippen LogP contribution in [0.4, 0.5) is 4.79 Å². The fourth-order valence-electron chi connectivity index (χ4n) is 3.70. The van der Waals surface area contributed by atoms with E-state index in [-0.39, 0.29) is 17.2 Å². The fraction of sp³-hybridized carbons (Fsp3) is 0.722. The van der Waals surface area contributed by atoms with Crippen LogP contribution in [0.25, 0.3) is 0 Å². The Balaban J connectivity index is 1.64. The van der Waals surface area contributed by atoms with E-state index in [1.54, 1.807) is 0 Å². The van der Waals surface area contributed by atoms with Crippen molar-refractivity contribution in [3.05, 3.63) is 23.8 Å². The largest absolute Gasteiger partial charge is 0.444 e. The summed E-state index contributed by atoms with van der Waals surface area (Å²) in [5.41, 5.74) is 0.508. The number of carbonyl (C=O) groups excluding carboxylic acids is 1. The number of carbonyl (C=O) groups is 1. The second-order valence-corrected chi connectivity index (χ2v) is 7.83. The molecule has 0 atom stereocenters. The van der Waals surface area contributed by atoms with Gasteiger partial charge in [0.05, 0.1) is 17.7 Å². The number of ether oxygens (including phenoxy) is 2. The van der Waals surface area contributed by atoms with Crippen molar-refractivity contribution < 1.29 is 14.3 Å². The van der Waals surface area contributed by atoms with Crippen molar-refractivity contribution in [1.29, 1.82) is 0 Å². The van der Waals surface area contributed by atoms with E-state index >= 15 is 0 Å². The van der Waals surface area contributed by atoms with Crippen LogP contribution in [0.2, 0.25) is 0 Å². The van der Waals surface area contributed by atoms with Crippen LogP contribution in [0.5, 0.6) is 0 Å². The molecule has 2 saturated heterocycles. The molecule has 4 aliphatic rings. The zero-order valence-electron chi connectivity index (χ0n) is 13.9. The van der Waals surface area contributed by atoms with Crippen LogP contribution in [0.15, 0.2) is 23.8 Å². The first kappa shape index (κ1) is 15.6. The summed E-state index contributed by atoms with van der Waals surface area (Å²) in [6, 6.07) is 0. The van der Waals surface area contributed by atoms with Crippen molar-refractivity contribution in [3.63, 3.8) is 0 Å². The number of amides is 1. The molecule has 0 aromatic carbocycles. The normalized spacial score (nSPS) is 34.2. The number of alkyl carbamates (subject to hydrolysis) is 1. The molecule has 0 aromatic heterocycles. The van der Waals surface area contributed by atoms with E-state index in [1.165, 1.54) is 5.57 Å². The Morgan fingerprint density at radius 3 is 2.45 bits per heavy atom. The Bertz CT molecular complexity index is 488. The molecule has 122 valence electrons. The highest BCUT2D eigenvalue weighted by Gasteiger charge is 2.52. The van der Waals surface area contributed by atoms with E-state index in [4.69, 9.17) is 9.47 Å². The molecule has 2 bridgehead atoms. The molecule has 2 aliphatic heterocycles. The lowest BCUT2D eigenvalue weighted by atomic mass is 9.67. The molecule has 2 aliphatic carbocycles. The molecule has 3 fully saturated rings. The summed E-state index contributed by atoms with van der Waals surface area (Å²) in [5, 5.41) is 3.07. The van der Waals surface area contributed by atoms with Crippen molar-refractivity contribution >= 4 is 6.09 Å². The molecule has 4 rings (SSSR count). The molecular weight excluding hydrogens is 278 g/mol. The van der Waals surface area contributed by atoms with E-state index in [1.807, 2.05) is 20.8 Å². The fourth-order valence-corrected chi connectivity index (χ4v) is 3.70. The van der Waals surface area contributed by atoms with Crippen LogP contribution in [0, 0.1) is 0 Å². The smallest absolute Gasteiger partial charge is 0.408 e. The number of allylic oxidation sites excluding steroid dienone is 2. The SMILES string of the molecule is CC(C)(C)OC(=O)NC12CCC(C3=CCCC=C3)(CC1)OC2. The van der Waals surface area contributed by atoms with Crippen LogP contribution in [0.3, 0.4) is 0 Å². The van der Waals surface area contributed by atoms with Crippen LogP contribution in [-0.2, 0) is 9.47 Å². The minimum Gasteiger partial charge on any atom is -0.444 e. The number of nitrogens with one attached hydrogen (secondary N) is 1. The summed E-state index contributed by atoms with van der Waals surface area (Å²) in [5.74, 6) is 0. The van der Waals surface area contributed by atoms with E-state index in [0.717, 1.165) is 38.5 Å². The summed E-state index contributed by atoms with van der Waals surface area (Å²) in [6.07, 6.45) is 12.5. The van der Waals surface area contributed by atoms with E-state index in [0.29, 0.717) is 6.61 Å². The number of hydrogen-bond donors (Lipinski definition) is 1. The molecule has 22 heavy (non-hydrogen) atoms. The van der Waals surface area contributed by atoms with Crippen LogP contribution in [0.1, 0.15) is 59.3 Å². The minimum atomic E-state index is -0.466. The molecule has 1 N–H and O–H groups in total. The summed E-state index contributed by atoms with van der Waals surface area (Å²) >= 11 is 0. The minimum absolute atomic E-state index is 0.117.